The molecule has 0 bridgehead atoms. The molecule has 2 aromatic rings. The number of halogens is 1. The second kappa shape index (κ2) is 7.59. The van der Waals surface area contributed by atoms with E-state index in [1.807, 2.05) is 11.6 Å². The number of nitrogens with zero attached hydrogens (tertiary/aromatic N) is 5. The maximum atomic E-state index is 6.02. The number of aliphatic imine (C=N–C) groups is 1. The molecule has 1 fully saturated rings. The van der Waals surface area contributed by atoms with E-state index in [1.54, 1.807) is 17.4 Å². The van der Waals surface area contributed by atoms with E-state index < -0.39 is 0 Å². The molecule has 1 aliphatic rings. The summed E-state index contributed by atoms with van der Waals surface area (Å²) in [6.45, 7) is 3.98. The van der Waals surface area contributed by atoms with Crippen LogP contribution in [0.25, 0.3) is 0 Å². The highest BCUT2D eigenvalue weighted by Crippen LogP contribution is 2.18. The van der Waals surface area contributed by atoms with Crippen molar-refractivity contribution in [3.8, 4) is 0 Å². The summed E-state index contributed by atoms with van der Waals surface area (Å²) in [4.78, 5) is 13.0. The SMILES string of the molecule is I.NC(=NCc1ccon1)N1CCN(c2nccs2)CC1. The molecule has 0 saturated carbocycles. The van der Waals surface area contributed by atoms with Crippen molar-refractivity contribution in [1.29, 1.82) is 0 Å². The van der Waals surface area contributed by atoms with Gasteiger partial charge in [-0.1, -0.05) is 5.16 Å². The Bertz CT molecular complexity index is 550. The zero-order valence-corrected chi connectivity index (χ0v) is 14.5. The summed E-state index contributed by atoms with van der Waals surface area (Å²) in [5, 5.41) is 6.88. The summed E-state index contributed by atoms with van der Waals surface area (Å²) in [6, 6.07) is 1.79. The van der Waals surface area contributed by atoms with Crippen molar-refractivity contribution in [3.05, 3.63) is 29.6 Å². The van der Waals surface area contributed by atoms with Gasteiger partial charge in [-0.3, -0.25) is 0 Å². The number of hydrogen-bond acceptors (Lipinski definition) is 6. The van der Waals surface area contributed by atoms with Gasteiger partial charge in [0, 0.05) is 43.8 Å². The fourth-order valence-corrected chi connectivity index (χ4v) is 2.78. The Morgan fingerprint density at radius 2 is 2.19 bits per heavy atom. The molecule has 3 rings (SSSR count). The molecule has 0 unspecified atom stereocenters. The van der Waals surface area contributed by atoms with Crippen LogP contribution in [0.3, 0.4) is 0 Å². The van der Waals surface area contributed by atoms with Crippen molar-refractivity contribution in [2.45, 2.75) is 6.54 Å². The highest BCUT2D eigenvalue weighted by molar-refractivity contribution is 14.0. The molecule has 2 aromatic heterocycles. The largest absolute Gasteiger partial charge is 0.370 e. The van der Waals surface area contributed by atoms with E-state index in [1.165, 1.54) is 6.26 Å². The first-order valence-electron chi connectivity index (χ1n) is 6.41. The third kappa shape index (κ3) is 4.06. The molecule has 1 saturated heterocycles. The monoisotopic (exact) mass is 420 g/mol. The van der Waals surface area contributed by atoms with Crippen molar-refractivity contribution in [1.82, 2.24) is 15.0 Å². The van der Waals surface area contributed by atoms with E-state index in [-0.39, 0.29) is 24.0 Å². The lowest BCUT2D eigenvalue weighted by atomic mass is 10.3. The van der Waals surface area contributed by atoms with Crippen LogP contribution < -0.4 is 10.6 Å². The maximum absolute atomic E-state index is 6.02. The van der Waals surface area contributed by atoms with Crippen LogP contribution >= 0.6 is 35.3 Å². The van der Waals surface area contributed by atoms with Gasteiger partial charge < -0.3 is 20.1 Å². The van der Waals surface area contributed by atoms with E-state index in [0.717, 1.165) is 37.0 Å². The van der Waals surface area contributed by atoms with Crippen molar-refractivity contribution in [3.63, 3.8) is 0 Å². The third-order valence-electron chi connectivity index (χ3n) is 3.19. The Hall–Kier alpha value is -1.36. The quantitative estimate of drug-likeness (QED) is 0.459. The van der Waals surface area contributed by atoms with Crippen LogP contribution in [0, 0.1) is 0 Å². The number of rotatable bonds is 3. The van der Waals surface area contributed by atoms with E-state index in [4.69, 9.17) is 10.3 Å². The fourth-order valence-electron chi connectivity index (χ4n) is 2.08. The minimum absolute atomic E-state index is 0. The Morgan fingerprint density at radius 1 is 1.38 bits per heavy atom. The van der Waals surface area contributed by atoms with Gasteiger partial charge >= 0.3 is 0 Å². The van der Waals surface area contributed by atoms with Crippen molar-refractivity contribution >= 4 is 46.4 Å². The summed E-state index contributed by atoms with van der Waals surface area (Å²) >= 11 is 1.66. The predicted molar refractivity (Wildman–Crippen MR) is 93.1 cm³/mol. The molecule has 0 spiro atoms. The van der Waals surface area contributed by atoms with Crippen LogP contribution in [-0.2, 0) is 6.54 Å². The summed E-state index contributed by atoms with van der Waals surface area (Å²) in [7, 11) is 0. The van der Waals surface area contributed by atoms with Crippen molar-refractivity contribution < 1.29 is 4.52 Å². The maximum Gasteiger partial charge on any atom is 0.191 e. The van der Waals surface area contributed by atoms with Crippen LogP contribution in [-0.4, -0.2) is 47.2 Å². The van der Waals surface area contributed by atoms with E-state index in [9.17, 15) is 0 Å². The molecular formula is C12H17IN6OS. The Morgan fingerprint density at radius 3 is 2.81 bits per heavy atom. The number of thiazole rings is 1. The van der Waals surface area contributed by atoms with Crippen molar-refractivity contribution in [2.75, 3.05) is 31.1 Å². The predicted octanol–water partition coefficient (Wildman–Crippen LogP) is 1.39. The normalized spacial score (nSPS) is 15.9. The molecule has 0 aromatic carbocycles. The average molecular weight is 420 g/mol. The van der Waals surface area contributed by atoms with Gasteiger partial charge in [-0.05, 0) is 0 Å². The third-order valence-corrected chi connectivity index (χ3v) is 4.02. The lowest BCUT2D eigenvalue weighted by Gasteiger charge is -2.35. The number of hydrogen-bond donors (Lipinski definition) is 1. The molecule has 9 heteroatoms. The van der Waals surface area contributed by atoms with Gasteiger partial charge in [0.25, 0.3) is 0 Å². The zero-order valence-electron chi connectivity index (χ0n) is 11.4. The Balaban J connectivity index is 0.00000161. The molecule has 3 heterocycles. The summed E-state index contributed by atoms with van der Waals surface area (Å²) < 4.78 is 4.76. The lowest BCUT2D eigenvalue weighted by molar-refractivity contribution is 0.380. The number of anilines is 1. The standard InChI is InChI=1S/C12H16N6OS.HI/c13-11(15-9-10-1-7-19-16-10)17-3-5-18(6-4-17)12-14-2-8-20-12;/h1-2,7-8H,3-6,9H2,(H2,13,15);1H. The van der Waals surface area contributed by atoms with Gasteiger partial charge in [0.2, 0.25) is 0 Å². The second-order valence-electron chi connectivity index (χ2n) is 4.45. The highest BCUT2D eigenvalue weighted by Gasteiger charge is 2.19. The van der Waals surface area contributed by atoms with Gasteiger partial charge in [0.15, 0.2) is 11.1 Å². The second-order valence-corrected chi connectivity index (χ2v) is 5.33. The van der Waals surface area contributed by atoms with Gasteiger partial charge in [-0.25, -0.2) is 9.98 Å². The minimum atomic E-state index is 0. The number of aromatic nitrogens is 2. The van der Waals surface area contributed by atoms with Crippen LogP contribution in [0.4, 0.5) is 5.13 Å². The topological polar surface area (TPSA) is 83.8 Å². The van der Waals surface area contributed by atoms with E-state index in [0.29, 0.717) is 12.5 Å². The molecule has 0 aliphatic carbocycles. The van der Waals surface area contributed by atoms with Crippen molar-refractivity contribution in [2.24, 2.45) is 10.7 Å². The Kier molecular flexibility index (Phi) is 5.79. The number of nitrogens with two attached hydrogens (primary N) is 1. The molecule has 21 heavy (non-hydrogen) atoms. The fraction of sp³-hybridized carbons (Fsp3) is 0.417. The average Bonchev–Trinajstić information content (AvgIpc) is 3.18. The molecule has 2 N–H and O–H groups in total. The summed E-state index contributed by atoms with van der Waals surface area (Å²) in [5.41, 5.74) is 6.80. The van der Waals surface area contributed by atoms with Gasteiger partial charge in [-0.2, -0.15) is 0 Å². The van der Waals surface area contributed by atoms with Gasteiger partial charge in [-0.15, -0.1) is 35.3 Å². The smallest absolute Gasteiger partial charge is 0.191 e. The number of guanidine groups is 1. The Labute approximate surface area is 143 Å². The van der Waals surface area contributed by atoms with Crippen LogP contribution in [0.1, 0.15) is 5.69 Å². The lowest BCUT2D eigenvalue weighted by Crippen LogP contribution is -2.51. The first kappa shape index (κ1) is 16.0. The van der Waals surface area contributed by atoms with E-state index in [2.05, 4.69) is 24.9 Å². The molecule has 0 atom stereocenters. The summed E-state index contributed by atoms with van der Waals surface area (Å²) in [5.74, 6) is 0.562. The van der Waals surface area contributed by atoms with E-state index >= 15 is 0 Å². The molecule has 0 radical (unpaired) electrons. The van der Waals surface area contributed by atoms with Crippen LogP contribution in [0.2, 0.25) is 0 Å². The first-order valence-corrected chi connectivity index (χ1v) is 7.29. The summed E-state index contributed by atoms with van der Waals surface area (Å²) in [6.07, 6.45) is 3.37. The molecule has 0 amide bonds. The first-order chi connectivity index (χ1) is 9.83. The molecule has 7 nitrogen and oxygen atoms in total. The molecular weight excluding hydrogens is 403 g/mol. The van der Waals surface area contributed by atoms with Gasteiger partial charge in [0.1, 0.15) is 12.0 Å². The zero-order chi connectivity index (χ0) is 13.8. The van der Waals surface area contributed by atoms with Crippen LogP contribution in [0.5, 0.6) is 0 Å². The molecule has 114 valence electrons. The van der Waals surface area contributed by atoms with Gasteiger partial charge in [0.05, 0.1) is 6.54 Å². The minimum Gasteiger partial charge on any atom is -0.370 e. The highest BCUT2D eigenvalue weighted by atomic mass is 127. The molecule has 1 aliphatic heterocycles. The van der Waals surface area contributed by atoms with Crippen LogP contribution in [0.15, 0.2) is 33.4 Å². The number of piperazine rings is 1.